The molecule has 5 nitrogen and oxygen atoms in total. The molecule has 0 saturated carbocycles. The van der Waals surface area contributed by atoms with Crippen molar-refractivity contribution in [3.05, 3.63) is 35.4 Å². The predicted molar refractivity (Wildman–Crippen MR) is 70.9 cm³/mol. The minimum absolute atomic E-state index is 0.300. The number of carbonyl (C=O) groups is 2. The third-order valence-electron chi connectivity index (χ3n) is 3.76. The Labute approximate surface area is 117 Å². The van der Waals surface area contributed by atoms with Crippen LogP contribution in [0.3, 0.4) is 0 Å². The molecular formula is C15H18O5. The summed E-state index contributed by atoms with van der Waals surface area (Å²) in [7, 11) is 2.59. The number of esters is 1. The number of ether oxygens (including phenoxy) is 2. The van der Waals surface area contributed by atoms with Crippen LogP contribution < -0.4 is 0 Å². The van der Waals surface area contributed by atoms with Crippen molar-refractivity contribution in [2.24, 2.45) is 11.8 Å². The highest BCUT2D eigenvalue weighted by Gasteiger charge is 2.40. The average molecular weight is 278 g/mol. The number of methoxy groups -OCH3 is 2. The van der Waals surface area contributed by atoms with Crippen molar-refractivity contribution in [3.63, 3.8) is 0 Å². The van der Waals surface area contributed by atoms with Crippen molar-refractivity contribution < 1.29 is 24.2 Å². The van der Waals surface area contributed by atoms with Gasteiger partial charge in [0.25, 0.3) is 0 Å². The van der Waals surface area contributed by atoms with Gasteiger partial charge in [-0.3, -0.25) is 9.59 Å². The fraction of sp³-hybridized carbons (Fsp3) is 0.467. The number of fused-ring (bicyclic) bond motifs is 1. The predicted octanol–water partition coefficient (Wildman–Crippen LogP) is 0.724. The molecule has 1 aromatic carbocycles. The monoisotopic (exact) mass is 278 g/mol. The van der Waals surface area contributed by atoms with Gasteiger partial charge in [0, 0.05) is 7.11 Å². The van der Waals surface area contributed by atoms with Gasteiger partial charge in [0.1, 0.15) is 5.92 Å². The van der Waals surface area contributed by atoms with Gasteiger partial charge in [-0.2, -0.15) is 0 Å². The van der Waals surface area contributed by atoms with Crippen LogP contribution >= 0.6 is 0 Å². The van der Waals surface area contributed by atoms with Crippen LogP contribution in [0.2, 0.25) is 0 Å². The zero-order valence-corrected chi connectivity index (χ0v) is 11.5. The van der Waals surface area contributed by atoms with E-state index in [4.69, 9.17) is 9.47 Å². The summed E-state index contributed by atoms with van der Waals surface area (Å²) in [6, 6.07) is 7.53. The molecule has 1 aliphatic carbocycles. The first-order valence-corrected chi connectivity index (χ1v) is 6.47. The Hall–Kier alpha value is -1.72. The molecule has 108 valence electrons. The van der Waals surface area contributed by atoms with E-state index in [2.05, 4.69) is 0 Å². The number of ketones is 1. The Balaban J connectivity index is 2.42. The van der Waals surface area contributed by atoms with Gasteiger partial charge in [-0.15, -0.1) is 0 Å². The Kier molecular flexibility index (Phi) is 4.52. The second kappa shape index (κ2) is 6.15. The lowest BCUT2D eigenvalue weighted by Gasteiger charge is -2.21. The maximum Gasteiger partial charge on any atom is 0.316 e. The van der Waals surface area contributed by atoms with Crippen LogP contribution in [0.4, 0.5) is 0 Å². The molecule has 20 heavy (non-hydrogen) atoms. The number of benzene rings is 1. The molecule has 1 aliphatic rings. The van der Waals surface area contributed by atoms with Gasteiger partial charge in [-0.05, 0) is 24.0 Å². The van der Waals surface area contributed by atoms with Crippen molar-refractivity contribution in [3.8, 4) is 0 Å². The molecule has 0 amide bonds. The molecule has 0 saturated heterocycles. The van der Waals surface area contributed by atoms with Crippen molar-refractivity contribution in [1.82, 2.24) is 0 Å². The molecule has 1 aromatic rings. The SMILES string of the molecule is COC(=O)C1Cc2ccccc2CC(C(O)OC)C1=O. The van der Waals surface area contributed by atoms with E-state index in [9.17, 15) is 14.7 Å². The van der Waals surface area contributed by atoms with Crippen LogP contribution in [0.15, 0.2) is 24.3 Å². The number of hydrogen-bond donors (Lipinski definition) is 1. The number of rotatable bonds is 3. The largest absolute Gasteiger partial charge is 0.468 e. The van der Waals surface area contributed by atoms with Crippen LogP contribution in [0.25, 0.3) is 0 Å². The van der Waals surface area contributed by atoms with Gasteiger partial charge in [0.2, 0.25) is 0 Å². The number of aliphatic hydroxyl groups excluding tert-OH is 1. The lowest BCUT2D eigenvalue weighted by molar-refractivity contribution is -0.158. The third-order valence-corrected chi connectivity index (χ3v) is 3.76. The Morgan fingerprint density at radius 2 is 1.85 bits per heavy atom. The standard InChI is InChI=1S/C15H18O5/c1-19-14(17)11-7-9-5-3-4-6-10(9)8-12(13(11)16)15(18)20-2/h3-6,11-12,14,17H,7-8H2,1-2H3. The number of aliphatic hydroxyl groups is 1. The Bertz CT molecular complexity index is 511. The second-order valence-electron chi connectivity index (χ2n) is 4.89. The Morgan fingerprint density at radius 3 is 2.40 bits per heavy atom. The summed E-state index contributed by atoms with van der Waals surface area (Å²) >= 11 is 0. The maximum absolute atomic E-state index is 12.5. The molecule has 0 fully saturated rings. The average Bonchev–Trinajstić information content (AvgIpc) is 2.63. The van der Waals surface area contributed by atoms with Crippen LogP contribution in [0.1, 0.15) is 11.1 Å². The highest BCUT2D eigenvalue weighted by atomic mass is 16.6. The molecule has 5 heteroatoms. The first-order chi connectivity index (χ1) is 9.58. The normalized spacial score (nSPS) is 23.6. The number of hydrogen-bond acceptors (Lipinski definition) is 5. The molecule has 0 heterocycles. The molecule has 0 spiro atoms. The fourth-order valence-corrected chi connectivity index (χ4v) is 2.62. The number of carbonyl (C=O) groups excluding carboxylic acids is 2. The van der Waals surface area contributed by atoms with E-state index in [-0.39, 0.29) is 5.78 Å². The summed E-state index contributed by atoms with van der Waals surface area (Å²) in [5.74, 6) is -2.55. The zero-order chi connectivity index (χ0) is 14.7. The maximum atomic E-state index is 12.5. The van der Waals surface area contributed by atoms with Crippen LogP contribution in [0.5, 0.6) is 0 Å². The van der Waals surface area contributed by atoms with Crippen LogP contribution in [-0.2, 0) is 31.9 Å². The molecule has 1 N–H and O–H groups in total. The molecule has 0 radical (unpaired) electrons. The van der Waals surface area contributed by atoms with Gasteiger partial charge >= 0.3 is 5.97 Å². The van der Waals surface area contributed by atoms with Crippen molar-refractivity contribution in [1.29, 1.82) is 0 Å². The van der Waals surface area contributed by atoms with E-state index in [0.717, 1.165) is 11.1 Å². The van der Waals surface area contributed by atoms with E-state index >= 15 is 0 Å². The molecule has 3 unspecified atom stereocenters. The molecule has 0 aliphatic heterocycles. The lowest BCUT2D eigenvalue weighted by Crippen LogP contribution is -2.38. The summed E-state index contributed by atoms with van der Waals surface area (Å²) in [5, 5.41) is 9.88. The van der Waals surface area contributed by atoms with Crippen LogP contribution in [-0.4, -0.2) is 37.4 Å². The topological polar surface area (TPSA) is 72.8 Å². The molecule has 0 aromatic heterocycles. The van der Waals surface area contributed by atoms with Crippen LogP contribution in [0, 0.1) is 11.8 Å². The van der Waals surface area contributed by atoms with Crippen molar-refractivity contribution in [2.75, 3.05) is 14.2 Å². The van der Waals surface area contributed by atoms with E-state index in [1.807, 2.05) is 24.3 Å². The van der Waals surface area contributed by atoms with Gasteiger partial charge < -0.3 is 14.6 Å². The van der Waals surface area contributed by atoms with Gasteiger partial charge in [0.05, 0.1) is 13.0 Å². The van der Waals surface area contributed by atoms with E-state index in [1.165, 1.54) is 14.2 Å². The lowest BCUT2D eigenvalue weighted by atomic mass is 9.90. The minimum Gasteiger partial charge on any atom is -0.468 e. The van der Waals surface area contributed by atoms with E-state index < -0.39 is 24.1 Å². The highest BCUT2D eigenvalue weighted by molar-refractivity contribution is 6.01. The zero-order valence-electron chi connectivity index (χ0n) is 11.5. The highest BCUT2D eigenvalue weighted by Crippen LogP contribution is 2.28. The first-order valence-electron chi connectivity index (χ1n) is 6.47. The summed E-state index contributed by atoms with van der Waals surface area (Å²) < 4.78 is 9.59. The van der Waals surface area contributed by atoms with Gasteiger partial charge in [-0.1, -0.05) is 24.3 Å². The fourth-order valence-electron chi connectivity index (χ4n) is 2.62. The third kappa shape index (κ3) is 2.73. The van der Waals surface area contributed by atoms with Gasteiger partial charge in [-0.25, -0.2) is 0 Å². The second-order valence-corrected chi connectivity index (χ2v) is 4.89. The molecule has 0 bridgehead atoms. The Morgan fingerprint density at radius 1 is 1.25 bits per heavy atom. The summed E-state index contributed by atoms with van der Waals surface area (Å²) in [4.78, 5) is 24.3. The minimum atomic E-state index is -1.22. The van der Waals surface area contributed by atoms with E-state index in [0.29, 0.717) is 12.8 Å². The quantitative estimate of drug-likeness (QED) is 0.382. The van der Waals surface area contributed by atoms with Crippen molar-refractivity contribution >= 4 is 11.8 Å². The molecule has 3 atom stereocenters. The summed E-state index contributed by atoms with van der Waals surface area (Å²) in [5.41, 5.74) is 1.88. The van der Waals surface area contributed by atoms with Gasteiger partial charge in [0.15, 0.2) is 12.1 Å². The van der Waals surface area contributed by atoms with Crippen molar-refractivity contribution in [2.45, 2.75) is 19.1 Å². The first kappa shape index (κ1) is 14.7. The number of Topliss-reactive ketones (excluding diaryl/α,β-unsaturated/α-hetero) is 1. The summed E-state index contributed by atoms with van der Waals surface area (Å²) in [6.07, 6.45) is -0.563. The smallest absolute Gasteiger partial charge is 0.316 e. The summed E-state index contributed by atoms with van der Waals surface area (Å²) in [6.45, 7) is 0. The molecular weight excluding hydrogens is 260 g/mol. The molecule has 2 rings (SSSR count). The van der Waals surface area contributed by atoms with E-state index in [1.54, 1.807) is 0 Å².